The fraction of sp³-hybridized carbons (Fsp3) is 0.100. The second kappa shape index (κ2) is 6.69. The molecule has 4 rings (SSSR count). The van der Waals surface area contributed by atoms with Crippen molar-refractivity contribution in [2.75, 3.05) is 7.11 Å². The van der Waals surface area contributed by atoms with E-state index in [1.807, 2.05) is 48.5 Å². The van der Waals surface area contributed by atoms with Crippen LogP contribution in [0.15, 0.2) is 71.8 Å². The molecule has 0 radical (unpaired) electrons. The highest BCUT2D eigenvalue weighted by Crippen LogP contribution is 2.28. The Hall–Kier alpha value is -3.05. The molecule has 2 heterocycles. The standard InChI is InChI=1S/C20H16ClN3O2/c1-26-19-5-3-2-4-16(19)17-12-18-20(25)23(10-11-24(18)22-17)13-14-6-8-15(21)9-7-14/h2-12H,13H2,1H3. The Bertz CT molecular complexity index is 1130. The van der Waals surface area contributed by atoms with Crippen molar-refractivity contribution in [1.82, 2.24) is 14.2 Å². The van der Waals surface area contributed by atoms with Crippen molar-refractivity contribution in [3.8, 4) is 17.0 Å². The van der Waals surface area contributed by atoms with E-state index in [9.17, 15) is 4.79 Å². The molecular weight excluding hydrogens is 350 g/mol. The summed E-state index contributed by atoms with van der Waals surface area (Å²) >= 11 is 5.92. The smallest absolute Gasteiger partial charge is 0.276 e. The molecule has 0 bridgehead atoms. The van der Waals surface area contributed by atoms with E-state index in [1.54, 1.807) is 34.7 Å². The van der Waals surface area contributed by atoms with Crippen LogP contribution in [0.5, 0.6) is 5.75 Å². The Morgan fingerprint density at radius 1 is 1.08 bits per heavy atom. The van der Waals surface area contributed by atoms with Crippen molar-refractivity contribution in [3.05, 3.63) is 87.9 Å². The molecule has 4 aromatic rings. The molecule has 0 atom stereocenters. The van der Waals surface area contributed by atoms with Crippen LogP contribution in [-0.4, -0.2) is 21.3 Å². The molecule has 0 N–H and O–H groups in total. The zero-order valence-corrected chi connectivity index (χ0v) is 14.8. The number of ether oxygens (including phenoxy) is 1. The number of aromatic nitrogens is 3. The molecule has 0 amide bonds. The second-order valence-electron chi connectivity index (χ2n) is 5.92. The minimum absolute atomic E-state index is 0.101. The van der Waals surface area contributed by atoms with Crippen LogP contribution in [-0.2, 0) is 6.54 Å². The molecule has 0 spiro atoms. The van der Waals surface area contributed by atoms with E-state index in [2.05, 4.69) is 5.10 Å². The summed E-state index contributed by atoms with van der Waals surface area (Å²) in [7, 11) is 1.62. The van der Waals surface area contributed by atoms with E-state index in [1.165, 1.54) is 0 Å². The van der Waals surface area contributed by atoms with Crippen LogP contribution >= 0.6 is 11.6 Å². The molecule has 0 saturated heterocycles. The Labute approximate surface area is 155 Å². The predicted molar refractivity (Wildman–Crippen MR) is 102 cm³/mol. The molecule has 2 aromatic heterocycles. The largest absolute Gasteiger partial charge is 0.496 e. The average molecular weight is 366 g/mol. The molecule has 6 heteroatoms. The van der Waals surface area contributed by atoms with Gasteiger partial charge >= 0.3 is 0 Å². The Morgan fingerprint density at radius 2 is 1.85 bits per heavy atom. The summed E-state index contributed by atoms with van der Waals surface area (Å²) in [5.41, 5.74) is 2.97. The van der Waals surface area contributed by atoms with Crippen LogP contribution in [0.25, 0.3) is 16.8 Å². The van der Waals surface area contributed by atoms with Crippen molar-refractivity contribution >= 4 is 17.1 Å². The highest BCUT2D eigenvalue weighted by atomic mass is 35.5. The van der Waals surface area contributed by atoms with E-state index < -0.39 is 0 Å². The Balaban J connectivity index is 1.76. The summed E-state index contributed by atoms with van der Waals surface area (Å²) in [5, 5.41) is 5.19. The minimum Gasteiger partial charge on any atom is -0.496 e. The molecule has 130 valence electrons. The number of nitrogens with zero attached hydrogens (tertiary/aromatic N) is 3. The first-order chi connectivity index (χ1) is 12.7. The van der Waals surface area contributed by atoms with Gasteiger partial charge in [0.15, 0.2) is 0 Å². The van der Waals surface area contributed by atoms with Gasteiger partial charge in [-0.1, -0.05) is 35.9 Å². The first-order valence-electron chi connectivity index (χ1n) is 8.12. The summed E-state index contributed by atoms with van der Waals surface area (Å²) in [6.45, 7) is 0.474. The maximum atomic E-state index is 12.8. The number of benzene rings is 2. The summed E-state index contributed by atoms with van der Waals surface area (Å²) < 4.78 is 8.65. The zero-order chi connectivity index (χ0) is 18.1. The summed E-state index contributed by atoms with van der Waals surface area (Å²) in [5.74, 6) is 0.720. The minimum atomic E-state index is -0.101. The lowest BCUT2D eigenvalue weighted by molar-refractivity contribution is 0.416. The highest BCUT2D eigenvalue weighted by Gasteiger charge is 2.12. The van der Waals surface area contributed by atoms with E-state index in [0.29, 0.717) is 22.8 Å². The normalized spacial score (nSPS) is 11.0. The lowest BCUT2D eigenvalue weighted by Crippen LogP contribution is -2.21. The second-order valence-corrected chi connectivity index (χ2v) is 6.35. The van der Waals surface area contributed by atoms with Gasteiger partial charge in [0.25, 0.3) is 5.56 Å². The predicted octanol–water partition coefficient (Wildman–Crippen LogP) is 3.87. The molecule has 26 heavy (non-hydrogen) atoms. The number of hydrogen-bond donors (Lipinski definition) is 0. The van der Waals surface area contributed by atoms with E-state index in [-0.39, 0.29) is 5.56 Å². The van der Waals surface area contributed by atoms with Crippen LogP contribution < -0.4 is 10.3 Å². The first-order valence-corrected chi connectivity index (χ1v) is 8.50. The maximum absolute atomic E-state index is 12.8. The van der Waals surface area contributed by atoms with Gasteiger partial charge in [0.1, 0.15) is 11.3 Å². The van der Waals surface area contributed by atoms with Gasteiger partial charge in [0.05, 0.1) is 19.3 Å². The fourth-order valence-electron chi connectivity index (χ4n) is 2.93. The van der Waals surface area contributed by atoms with E-state index >= 15 is 0 Å². The third-order valence-electron chi connectivity index (χ3n) is 4.25. The summed E-state index contributed by atoms with van der Waals surface area (Å²) in [6, 6.07) is 16.9. The average Bonchev–Trinajstić information content (AvgIpc) is 3.11. The van der Waals surface area contributed by atoms with Crippen LogP contribution in [0, 0.1) is 0 Å². The number of rotatable bonds is 4. The first kappa shape index (κ1) is 16.4. The quantitative estimate of drug-likeness (QED) is 0.551. The van der Waals surface area contributed by atoms with Crippen molar-refractivity contribution in [1.29, 1.82) is 0 Å². The fourth-order valence-corrected chi connectivity index (χ4v) is 3.05. The Kier molecular flexibility index (Phi) is 4.22. The molecular formula is C20H16ClN3O2. The van der Waals surface area contributed by atoms with Gasteiger partial charge in [0.2, 0.25) is 0 Å². The monoisotopic (exact) mass is 365 g/mol. The van der Waals surface area contributed by atoms with Gasteiger partial charge in [-0.15, -0.1) is 0 Å². The van der Waals surface area contributed by atoms with Crippen LogP contribution in [0.3, 0.4) is 0 Å². The number of methoxy groups -OCH3 is 1. The number of halogens is 1. The van der Waals surface area contributed by atoms with E-state index in [4.69, 9.17) is 16.3 Å². The molecule has 0 aliphatic heterocycles. The lowest BCUT2D eigenvalue weighted by Gasteiger charge is -2.06. The zero-order valence-electron chi connectivity index (χ0n) is 14.1. The molecule has 0 saturated carbocycles. The van der Waals surface area contributed by atoms with Crippen LogP contribution in [0.4, 0.5) is 0 Å². The van der Waals surface area contributed by atoms with Gasteiger partial charge in [-0.25, -0.2) is 4.52 Å². The van der Waals surface area contributed by atoms with Gasteiger partial charge < -0.3 is 9.30 Å². The molecule has 0 fully saturated rings. The molecule has 2 aromatic carbocycles. The van der Waals surface area contributed by atoms with Gasteiger partial charge in [-0.2, -0.15) is 5.10 Å². The topological polar surface area (TPSA) is 48.5 Å². The van der Waals surface area contributed by atoms with Gasteiger partial charge in [0, 0.05) is 23.0 Å². The Morgan fingerprint density at radius 3 is 2.62 bits per heavy atom. The number of para-hydroxylation sites is 1. The summed E-state index contributed by atoms with van der Waals surface area (Å²) in [6.07, 6.45) is 3.52. The molecule has 0 aliphatic rings. The van der Waals surface area contributed by atoms with Gasteiger partial charge in [-0.05, 0) is 35.9 Å². The SMILES string of the molecule is COc1ccccc1-c1cc2c(=O)n(Cc3ccc(Cl)cc3)ccn2n1. The molecule has 5 nitrogen and oxygen atoms in total. The summed E-state index contributed by atoms with van der Waals surface area (Å²) in [4.78, 5) is 12.8. The number of hydrogen-bond acceptors (Lipinski definition) is 3. The van der Waals surface area contributed by atoms with Crippen LogP contribution in [0.2, 0.25) is 5.02 Å². The number of fused-ring (bicyclic) bond motifs is 1. The van der Waals surface area contributed by atoms with Crippen molar-refractivity contribution in [2.24, 2.45) is 0 Å². The third-order valence-corrected chi connectivity index (χ3v) is 4.50. The lowest BCUT2D eigenvalue weighted by atomic mass is 10.1. The molecule has 0 unspecified atom stereocenters. The van der Waals surface area contributed by atoms with Gasteiger partial charge in [-0.3, -0.25) is 4.79 Å². The van der Waals surface area contributed by atoms with Crippen molar-refractivity contribution in [2.45, 2.75) is 6.54 Å². The molecule has 0 aliphatic carbocycles. The van der Waals surface area contributed by atoms with Crippen LogP contribution in [0.1, 0.15) is 5.56 Å². The highest BCUT2D eigenvalue weighted by molar-refractivity contribution is 6.30. The van der Waals surface area contributed by atoms with E-state index in [0.717, 1.165) is 16.9 Å². The van der Waals surface area contributed by atoms with Crippen molar-refractivity contribution in [3.63, 3.8) is 0 Å². The van der Waals surface area contributed by atoms with Crippen molar-refractivity contribution < 1.29 is 4.74 Å². The maximum Gasteiger partial charge on any atom is 0.276 e. The third kappa shape index (κ3) is 2.97.